The molecule has 0 radical (unpaired) electrons. The molecule has 4 N–H and O–H groups in total. The van der Waals surface area contributed by atoms with Crippen LogP contribution in [0, 0.1) is 6.92 Å². The van der Waals surface area contributed by atoms with E-state index in [-0.39, 0.29) is 12.2 Å². The molecule has 2 amide bonds. The van der Waals surface area contributed by atoms with Gasteiger partial charge in [-0.1, -0.05) is 18.2 Å². The number of amides is 2. The van der Waals surface area contributed by atoms with Crippen molar-refractivity contribution in [2.75, 3.05) is 5.32 Å². The predicted molar refractivity (Wildman–Crippen MR) is 68.4 cm³/mol. The van der Waals surface area contributed by atoms with Crippen LogP contribution in [0.5, 0.6) is 0 Å². The summed E-state index contributed by atoms with van der Waals surface area (Å²) in [5, 5.41) is 9.00. The highest BCUT2D eigenvalue weighted by Gasteiger charge is 2.13. The van der Waals surface area contributed by atoms with Gasteiger partial charge in [-0.3, -0.25) is 14.7 Å². The lowest BCUT2D eigenvalue weighted by molar-refractivity contribution is -0.117. The van der Waals surface area contributed by atoms with E-state index in [1.165, 1.54) is 0 Å². The minimum Gasteiger partial charge on any atom is -0.369 e. The summed E-state index contributed by atoms with van der Waals surface area (Å²) in [7, 11) is 0. The van der Waals surface area contributed by atoms with Crippen LogP contribution in [0.2, 0.25) is 0 Å². The first-order chi connectivity index (χ1) is 9.06. The Balaban J connectivity index is 2.19. The number of para-hydroxylation sites is 1. The van der Waals surface area contributed by atoms with Crippen molar-refractivity contribution < 1.29 is 9.59 Å². The van der Waals surface area contributed by atoms with Crippen LogP contribution in [-0.2, 0) is 11.2 Å². The summed E-state index contributed by atoms with van der Waals surface area (Å²) in [5.41, 5.74) is 6.33. The average molecular weight is 259 g/mol. The molecule has 98 valence electrons. The number of aryl methyl sites for hydroxylation is 1. The zero-order valence-electron chi connectivity index (χ0n) is 10.3. The number of H-pyrrole nitrogens is 1. The summed E-state index contributed by atoms with van der Waals surface area (Å²) in [5.74, 6) is -0.307. The Kier molecular flexibility index (Phi) is 3.56. The second kappa shape index (κ2) is 5.30. The molecule has 0 unspecified atom stereocenters. The Morgan fingerprint density at radius 1 is 1.37 bits per heavy atom. The number of hydrogen-bond acceptors (Lipinski definition) is 4. The van der Waals surface area contributed by atoms with Gasteiger partial charge in [0.2, 0.25) is 11.7 Å². The molecule has 1 aromatic carbocycles. The predicted octanol–water partition coefficient (Wildman–Crippen LogP) is 0.393. The van der Waals surface area contributed by atoms with Crippen LogP contribution in [0.25, 0.3) is 0 Å². The monoisotopic (exact) mass is 259 g/mol. The summed E-state index contributed by atoms with van der Waals surface area (Å²) in [6, 6.07) is 6.94. The minimum absolute atomic E-state index is 0.0476. The van der Waals surface area contributed by atoms with Crippen molar-refractivity contribution in [2.45, 2.75) is 13.3 Å². The number of nitrogens with zero attached hydrogens (tertiary/aromatic N) is 2. The van der Waals surface area contributed by atoms with Gasteiger partial charge in [0.1, 0.15) is 5.82 Å². The lowest BCUT2D eigenvalue weighted by Gasteiger charge is -2.08. The molecule has 7 nitrogen and oxygen atoms in total. The van der Waals surface area contributed by atoms with E-state index in [4.69, 9.17) is 5.73 Å². The molecule has 1 aromatic heterocycles. The van der Waals surface area contributed by atoms with Crippen LogP contribution in [0.15, 0.2) is 24.3 Å². The van der Waals surface area contributed by atoms with Crippen LogP contribution < -0.4 is 11.1 Å². The molecule has 0 aliphatic carbocycles. The highest BCUT2D eigenvalue weighted by Crippen LogP contribution is 2.16. The third kappa shape index (κ3) is 3.15. The third-order valence-corrected chi connectivity index (χ3v) is 2.43. The standard InChI is InChI=1S/C12H13N5O2/c1-7-14-11(17-16-7)12(19)15-9-5-3-2-4-8(9)6-10(13)18/h2-5H,6H2,1H3,(H2,13,18)(H,15,19)(H,14,16,17). The number of nitrogens with one attached hydrogen (secondary N) is 2. The number of rotatable bonds is 4. The largest absolute Gasteiger partial charge is 0.369 e. The van der Waals surface area contributed by atoms with E-state index in [1.54, 1.807) is 31.2 Å². The zero-order valence-corrected chi connectivity index (χ0v) is 10.3. The number of nitrogens with two attached hydrogens (primary N) is 1. The lowest BCUT2D eigenvalue weighted by atomic mass is 10.1. The summed E-state index contributed by atoms with van der Waals surface area (Å²) < 4.78 is 0. The van der Waals surface area contributed by atoms with Gasteiger partial charge >= 0.3 is 0 Å². The van der Waals surface area contributed by atoms with Crippen molar-refractivity contribution in [2.24, 2.45) is 5.73 Å². The average Bonchev–Trinajstić information content (AvgIpc) is 2.78. The SMILES string of the molecule is Cc1nc(C(=O)Nc2ccccc2CC(N)=O)n[nH]1. The molecular formula is C12H13N5O2. The quantitative estimate of drug-likeness (QED) is 0.737. The van der Waals surface area contributed by atoms with Crippen LogP contribution in [0.4, 0.5) is 5.69 Å². The summed E-state index contributed by atoms with van der Waals surface area (Å²) in [6.07, 6.45) is 0.0590. The maximum atomic E-state index is 11.9. The van der Waals surface area contributed by atoms with Gasteiger partial charge in [0, 0.05) is 5.69 Å². The van der Waals surface area contributed by atoms with Gasteiger partial charge < -0.3 is 11.1 Å². The smallest absolute Gasteiger partial charge is 0.295 e. The molecule has 0 fully saturated rings. The second-order valence-electron chi connectivity index (χ2n) is 4.00. The number of carbonyl (C=O) groups excluding carboxylic acids is 2. The van der Waals surface area contributed by atoms with E-state index in [0.29, 0.717) is 17.1 Å². The number of primary amides is 1. The fourth-order valence-electron chi connectivity index (χ4n) is 1.61. The van der Waals surface area contributed by atoms with Crippen molar-refractivity contribution in [3.05, 3.63) is 41.5 Å². The summed E-state index contributed by atoms with van der Waals surface area (Å²) >= 11 is 0. The molecule has 0 saturated heterocycles. The molecule has 2 rings (SSSR count). The van der Waals surface area contributed by atoms with Crippen molar-refractivity contribution in [1.29, 1.82) is 0 Å². The molecule has 19 heavy (non-hydrogen) atoms. The molecule has 0 spiro atoms. The minimum atomic E-state index is -0.463. The van der Waals surface area contributed by atoms with Crippen LogP contribution in [0.3, 0.4) is 0 Å². The second-order valence-corrected chi connectivity index (χ2v) is 4.00. The topological polar surface area (TPSA) is 114 Å². The third-order valence-electron chi connectivity index (χ3n) is 2.43. The molecule has 7 heteroatoms. The number of aromatic amines is 1. The maximum absolute atomic E-state index is 11.9. The first kappa shape index (κ1) is 12.7. The van der Waals surface area contributed by atoms with Crippen molar-refractivity contribution in [3.63, 3.8) is 0 Å². The van der Waals surface area contributed by atoms with Crippen molar-refractivity contribution in [3.8, 4) is 0 Å². The first-order valence-corrected chi connectivity index (χ1v) is 5.63. The highest BCUT2D eigenvalue weighted by atomic mass is 16.2. The summed E-state index contributed by atoms with van der Waals surface area (Å²) in [6.45, 7) is 1.70. The Morgan fingerprint density at radius 3 is 2.74 bits per heavy atom. The highest BCUT2D eigenvalue weighted by molar-refractivity contribution is 6.02. The Hall–Kier alpha value is -2.70. The van der Waals surface area contributed by atoms with Gasteiger partial charge in [-0.25, -0.2) is 4.98 Å². The first-order valence-electron chi connectivity index (χ1n) is 5.63. The van der Waals surface area contributed by atoms with Crippen molar-refractivity contribution in [1.82, 2.24) is 15.2 Å². The van der Waals surface area contributed by atoms with Crippen molar-refractivity contribution >= 4 is 17.5 Å². The van der Waals surface area contributed by atoms with E-state index in [2.05, 4.69) is 20.5 Å². The van der Waals surface area contributed by atoms with E-state index in [0.717, 1.165) is 0 Å². The van der Waals surface area contributed by atoms with Crippen LogP contribution in [-0.4, -0.2) is 27.0 Å². The van der Waals surface area contributed by atoms with Gasteiger partial charge in [-0.15, -0.1) is 5.10 Å². The normalized spacial score (nSPS) is 10.2. The van der Waals surface area contributed by atoms with Gasteiger partial charge in [-0.05, 0) is 18.6 Å². The number of aromatic nitrogens is 3. The number of benzene rings is 1. The fourth-order valence-corrected chi connectivity index (χ4v) is 1.61. The van der Waals surface area contributed by atoms with Gasteiger partial charge in [0.05, 0.1) is 6.42 Å². The number of hydrogen-bond donors (Lipinski definition) is 3. The Morgan fingerprint density at radius 2 is 2.11 bits per heavy atom. The number of carbonyl (C=O) groups is 2. The fraction of sp³-hybridized carbons (Fsp3) is 0.167. The van der Waals surface area contributed by atoms with E-state index >= 15 is 0 Å². The molecular weight excluding hydrogens is 246 g/mol. The van der Waals surface area contributed by atoms with E-state index in [9.17, 15) is 9.59 Å². The summed E-state index contributed by atoms with van der Waals surface area (Å²) in [4.78, 5) is 26.8. The molecule has 0 aliphatic rings. The van der Waals surface area contributed by atoms with E-state index in [1.807, 2.05) is 0 Å². The zero-order chi connectivity index (χ0) is 13.8. The molecule has 0 bridgehead atoms. The van der Waals surface area contributed by atoms with E-state index < -0.39 is 11.8 Å². The molecule has 0 aliphatic heterocycles. The molecule has 1 heterocycles. The number of anilines is 1. The molecule has 0 atom stereocenters. The van der Waals surface area contributed by atoms with Gasteiger partial charge in [0.15, 0.2) is 0 Å². The lowest BCUT2D eigenvalue weighted by Crippen LogP contribution is -2.18. The van der Waals surface area contributed by atoms with Crippen LogP contribution in [0.1, 0.15) is 22.0 Å². The molecule has 2 aromatic rings. The maximum Gasteiger partial charge on any atom is 0.295 e. The van der Waals surface area contributed by atoms with Gasteiger partial charge in [-0.2, -0.15) is 0 Å². The molecule has 0 saturated carbocycles. The Labute approximate surface area is 109 Å². The Bertz CT molecular complexity index is 620. The van der Waals surface area contributed by atoms with Gasteiger partial charge in [0.25, 0.3) is 5.91 Å². The van der Waals surface area contributed by atoms with Crippen LogP contribution >= 0.6 is 0 Å².